The summed E-state index contributed by atoms with van der Waals surface area (Å²) in [4.78, 5) is 47.6. The van der Waals surface area contributed by atoms with E-state index in [9.17, 15) is 24.3 Å². The molecule has 162 valence electrons. The molecule has 0 aliphatic carbocycles. The van der Waals surface area contributed by atoms with Crippen molar-refractivity contribution in [3.8, 4) is 0 Å². The number of nitrogens with one attached hydrogen (secondary N) is 3. The first-order valence-corrected chi connectivity index (χ1v) is 9.25. The second-order valence-electron chi connectivity index (χ2n) is 6.93. The molecule has 0 spiro atoms. The minimum absolute atomic E-state index is 0.319. The lowest BCUT2D eigenvalue weighted by Gasteiger charge is -2.26. The summed E-state index contributed by atoms with van der Waals surface area (Å²) < 4.78 is 0. The van der Waals surface area contributed by atoms with Crippen LogP contribution in [0.25, 0.3) is 0 Å². The van der Waals surface area contributed by atoms with Gasteiger partial charge in [-0.1, -0.05) is 20.3 Å². The number of aliphatic hydroxyl groups is 1. The van der Waals surface area contributed by atoms with Crippen LogP contribution < -0.4 is 27.4 Å². The Morgan fingerprint density at radius 2 is 1.54 bits per heavy atom. The van der Waals surface area contributed by atoms with E-state index in [-0.39, 0.29) is 5.92 Å². The maximum Gasteiger partial charge on any atom is 0.325 e. The molecule has 0 saturated heterocycles. The van der Waals surface area contributed by atoms with E-state index in [1.54, 1.807) is 13.8 Å². The van der Waals surface area contributed by atoms with Gasteiger partial charge in [-0.3, -0.25) is 19.2 Å². The van der Waals surface area contributed by atoms with Gasteiger partial charge in [0.25, 0.3) is 0 Å². The maximum atomic E-state index is 12.5. The number of aliphatic hydroxyl groups excluding tert-OH is 1. The molecule has 0 aromatic carbocycles. The van der Waals surface area contributed by atoms with Crippen LogP contribution in [-0.4, -0.2) is 71.2 Å². The van der Waals surface area contributed by atoms with Crippen LogP contribution in [-0.2, 0) is 19.2 Å². The van der Waals surface area contributed by atoms with Crippen LogP contribution in [0.1, 0.15) is 40.0 Å². The van der Waals surface area contributed by atoms with Crippen LogP contribution in [0.15, 0.2) is 0 Å². The summed E-state index contributed by atoms with van der Waals surface area (Å²) in [6.45, 7) is 4.41. The van der Waals surface area contributed by atoms with Gasteiger partial charge in [0.2, 0.25) is 17.7 Å². The quantitative estimate of drug-likeness (QED) is 0.166. The number of unbranched alkanes of at least 4 members (excludes halogenated alkanes) is 1. The van der Waals surface area contributed by atoms with Gasteiger partial charge in [-0.2, -0.15) is 0 Å². The minimum Gasteiger partial charge on any atom is -0.480 e. The summed E-state index contributed by atoms with van der Waals surface area (Å²) in [5.74, 6) is -3.61. The molecule has 0 aliphatic heterocycles. The Hall–Kier alpha value is -2.24. The van der Waals surface area contributed by atoms with Gasteiger partial charge in [0, 0.05) is 0 Å². The molecular formula is C17H33N5O6. The van der Waals surface area contributed by atoms with Crippen LogP contribution in [0.2, 0.25) is 0 Å². The monoisotopic (exact) mass is 403 g/mol. The second kappa shape index (κ2) is 13.0. The molecule has 0 fully saturated rings. The second-order valence-corrected chi connectivity index (χ2v) is 6.93. The Kier molecular flexibility index (Phi) is 12.0. The van der Waals surface area contributed by atoms with Crippen molar-refractivity contribution >= 4 is 23.7 Å². The first-order valence-electron chi connectivity index (χ1n) is 9.25. The van der Waals surface area contributed by atoms with Crippen LogP contribution in [0.5, 0.6) is 0 Å². The van der Waals surface area contributed by atoms with Crippen molar-refractivity contribution in [3.63, 3.8) is 0 Å². The zero-order valence-corrected chi connectivity index (χ0v) is 16.6. The number of carboxylic acid groups (broad SMARTS) is 1. The fraction of sp³-hybridized carbons (Fsp3) is 0.765. The van der Waals surface area contributed by atoms with E-state index in [0.717, 1.165) is 6.42 Å². The van der Waals surface area contributed by atoms with Crippen molar-refractivity contribution in [2.75, 3.05) is 13.2 Å². The van der Waals surface area contributed by atoms with Gasteiger partial charge < -0.3 is 37.6 Å². The molecular weight excluding hydrogens is 370 g/mol. The van der Waals surface area contributed by atoms with Gasteiger partial charge in [-0.25, -0.2) is 0 Å². The zero-order valence-electron chi connectivity index (χ0n) is 16.6. The summed E-state index contributed by atoms with van der Waals surface area (Å²) in [6, 6.07) is -4.32. The normalized spacial score (nSPS) is 15.2. The molecule has 0 heterocycles. The van der Waals surface area contributed by atoms with Gasteiger partial charge in [0.05, 0.1) is 12.6 Å². The fourth-order valence-corrected chi connectivity index (χ4v) is 2.27. The molecule has 11 heteroatoms. The van der Waals surface area contributed by atoms with Crippen molar-refractivity contribution < 1.29 is 29.4 Å². The molecule has 11 nitrogen and oxygen atoms in total. The highest BCUT2D eigenvalue weighted by molar-refractivity contribution is 5.94. The van der Waals surface area contributed by atoms with Crippen molar-refractivity contribution in [1.29, 1.82) is 0 Å². The molecule has 28 heavy (non-hydrogen) atoms. The molecule has 0 rings (SSSR count). The average Bonchev–Trinajstić information content (AvgIpc) is 2.62. The number of carboxylic acids is 1. The SMILES string of the molecule is CC(NC(=O)C(CO)NC(=O)C(NC(=O)C(N)CCCCN)C(C)C)C(=O)O. The van der Waals surface area contributed by atoms with Gasteiger partial charge >= 0.3 is 5.97 Å². The van der Waals surface area contributed by atoms with Gasteiger partial charge in [0.1, 0.15) is 18.1 Å². The Morgan fingerprint density at radius 1 is 0.929 bits per heavy atom. The number of amides is 3. The highest BCUT2D eigenvalue weighted by Crippen LogP contribution is 2.05. The van der Waals surface area contributed by atoms with Gasteiger partial charge in [-0.15, -0.1) is 0 Å². The van der Waals surface area contributed by atoms with Crippen molar-refractivity contribution in [2.45, 2.75) is 64.2 Å². The fourth-order valence-electron chi connectivity index (χ4n) is 2.27. The summed E-state index contributed by atoms with van der Waals surface area (Å²) in [7, 11) is 0. The van der Waals surface area contributed by atoms with Crippen molar-refractivity contribution in [2.24, 2.45) is 17.4 Å². The predicted molar refractivity (Wildman–Crippen MR) is 102 cm³/mol. The summed E-state index contributed by atoms with van der Waals surface area (Å²) in [5.41, 5.74) is 11.2. The third kappa shape index (κ3) is 9.11. The highest BCUT2D eigenvalue weighted by atomic mass is 16.4. The summed E-state index contributed by atoms with van der Waals surface area (Å²) >= 11 is 0. The molecule has 0 saturated carbocycles. The van der Waals surface area contributed by atoms with Crippen LogP contribution in [0, 0.1) is 5.92 Å². The number of rotatable bonds is 13. The van der Waals surface area contributed by atoms with E-state index >= 15 is 0 Å². The van der Waals surface area contributed by atoms with E-state index in [1.807, 2.05) is 0 Å². The number of carbonyl (C=O) groups is 4. The smallest absolute Gasteiger partial charge is 0.325 e. The Balaban J connectivity index is 4.92. The summed E-state index contributed by atoms with van der Waals surface area (Å²) in [6.07, 6.45) is 1.83. The average molecular weight is 403 g/mol. The van der Waals surface area contributed by atoms with E-state index in [4.69, 9.17) is 16.6 Å². The Bertz CT molecular complexity index is 542. The molecule has 0 aliphatic rings. The molecule has 3 amide bonds. The van der Waals surface area contributed by atoms with E-state index in [0.29, 0.717) is 19.4 Å². The molecule has 0 radical (unpaired) electrons. The largest absolute Gasteiger partial charge is 0.480 e. The molecule has 0 aromatic rings. The number of carbonyl (C=O) groups excluding carboxylic acids is 3. The third-order valence-corrected chi connectivity index (χ3v) is 4.10. The lowest BCUT2D eigenvalue weighted by molar-refractivity contribution is -0.142. The highest BCUT2D eigenvalue weighted by Gasteiger charge is 2.30. The van der Waals surface area contributed by atoms with Gasteiger partial charge in [-0.05, 0) is 32.2 Å². The van der Waals surface area contributed by atoms with Crippen LogP contribution >= 0.6 is 0 Å². The minimum atomic E-state index is -1.36. The maximum absolute atomic E-state index is 12.5. The lowest BCUT2D eigenvalue weighted by atomic mass is 10.0. The third-order valence-electron chi connectivity index (χ3n) is 4.10. The van der Waals surface area contributed by atoms with Crippen LogP contribution in [0.3, 0.4) is 0 Å². The molecule has 4 atom stereocenters. The number of nitrogens with two attached hydrogens (primary N) is 2. The number of hydrogen-bond donors (Lipinski definition) is 7. The van der Waals surface area contributed by atoms with E-state index < -0.39 is 54.5 Å². The Morgan fingerprint density at radius 3 is 2.00 bits per heavy atom. The van der Waals surface area contributed by atoms with Crippen LogP contribution in [0.4, 0.5) is 0 Å². The van der Waals surface area contributed by atoms with E-state index in [2.05, 4.69) is 16.0 Å². The first kappa shape index (κ1) is 25.8. The van der Waals surface area contributed by atoms with Gasteiger partial charge in [0.15, 0.2) is 0 Å². The lowest BCUT2D eigenvalue weighted by Crippen LogP contribution is -2.59. The predicted octanol–water partition coefficient (Wildman–Crippen LogP) is -2.35. The molecule has 0 bridgehead atoms. The summed E-state index contributed by atoms with van der Waals surface area (Å²) in [5, 5.41) is 25.2. The molecule has 4 unspecified atom stereocenters. The van der Waals surface area contributed by atoms with Crippen molar-refractivity contribution in [3.05, 3.63) is 0 Å². The first-order chi connectivity index (χ1) is 13.0. The van der Waals surface area contributed by atoms with E-state index in [1.165, 1.54) is 6.92 Å². The standard InChI is InChI=1S/C17H33N5O6/c1-9(2)13(22-14(24)11(19)6-4-5-7-18)16(26)21-12(8-23)15(25)20-10(3)17(27)28/h9-13,23H,4-8,18-19H2,1-3H3,(H,20,25)(H,21,26)(H,22,24)(H,27,28). The topological polar surface area (TPSA) is 197 Å². The zero-order chi connectivity index (χ0) is 21.9. The molecule has 9 N–H and O–H groups in total. The Labute approximate surface area is 164 Å². The number of aliphatic carboxylic acids is 1. The molecule has 0 aromatic heterocycles. The number of hydrogen-bond acceptors (Lipinski definition) is 7. The van der Waals surface area contributed by atoms with Crippen molar-refractivity contribution in [1.82, 2.24) is 16.0 Å².